The smallest absolute Gasteiger partial charge is 0.410 e. The van der Waals surface area contributed by atoms with E-state index in [9.17, 15) is 33.6 Å². The second-order valence-corrected chi connectivity index (χ2v) is 15.1. The van der Waals surface area contributed by atoms with Gasteiger partial charge in [0.05, 0.1) is 6.04 Å². The van der Waals surface area contributed by atoms with Gasteiger partial charge in [0.2, 0.25) is 11.8 Å². The van der Waals surface area contributed by atoms with Crippen LogP contribution < -0.4 is 21.7 Å². The average Bonchev–Trinajstić information content (AvgIpc) is 3.71. The van der Waals surface area contributed by atoms with Gasteiger partial charge in [-0.1, -0.05) is 53.2 Å². The van der Waals surface area contributed by atoms with E-state index in [1.54, 1.807) is 29.2 Å². The number of anilines is 1. The first-order valence-corrected chi connectivity index (χ1v) is 18.3. The van der Waals surface area contributed by atoms with Gasteiger partial charge in [-0.2, -0.15) is 0 Å². The Morgan fingerprint density at radius 1 is 0.962 bits per heavy atom. The van der Waals surface area contributed by atoms with E-state index in [2.05, 4.69) is 36.7 Å². The number of amides is 7. The number of benzene rings is 1. The summed E-state index contributed by atoms with van der Waals surface area (Å²) in [5.74, 6) is -2.19. The molecule has 2 heterocycles. The molecule has 0 aliphatic carbocycles. The molecular formula is C38H56N6O8. The van der Waals surface area contributed by atoms with Crippen molar-refractivity contribution >= 4 is 47.2 Å². The number of ether oxygens (including phenoxy) is 1. The molecule has 2 aliphatic rings. The molecule has 1 aromatic carbocycles. The van der Waals surface area contributed by atoms with Crippen LogP contribution in [0, 0.1) is 23.2 Å². The van der Waals surface area contributed by atoms with Crippen LogP contribution in [0.5, 0.6) is 0 Å². The van der Waals surface area contributed by atoms with Crippen molar-refractivity contribution in [3.05, 3.63) is 42.0 Å². The van der Waals surface area contributed by atoms with Gasteiger partial charge >= 0.3 is 12.1 Å². The lowest BCUT2D eigenvalue weighted by atomic mass is 9.80. The van der Waals surface area contributed by atoms with Gasteiger partial charge < -0.3 is 31.3 Å². The number of unbranched alkanes of at least 4 members (excludes halogenated alkanes) is 2. The van der Waals surface area contributed by atoms with E-state index < -0.39 is 18.0 Å². The number of rotatable bonds is 19. The Bertz CT molecular complexity index is 1450. The zero-order valence-corrected chi connectivity index (χ0v) is 31.2. The number of Topliss-reactive ketones (excluding diaryl/α,β-unsaturated/α-hetero) is 1. The minimum Gasteiger partial charge on any atom is -0.445 e. The summed E-state index contributed by atoms with van der Waals surface area (Å²) in [5.41, 5.74) is 6.56. The Kier molecular flexibility index (Phi) is 15.8. The minimum atomic E-state index is -0.806. The Morgan fingerprint density at radius 2 is 1.63 bits per heavy atom. The Balaban J connectivity index is 1.52. The number of hydrogen-bond donors (Lipinski definition) is 4. The second kappa shape index (κ2) is 19.7. The number of nitrogens with one attached hydrogen (secondary N) is 3. The highest BCUT2D eigenvalue weighted by atomic mass is 16.6. The van der Waals surface area contributed by atoms with Gasteiger partial charge in [0.15, 0.2) is 5.78 Å². The SMILES string of the molecule is CC(C)[C@H](NC(=O)CCCCCN1C(=O)C=CC1=O)C(=O)C[C@@H](CCCNC(N)=O)C(=O)Nc1ccc(COC(=O)N2CCC(C(C)(C)C)C2)cc1. The van der Waals surface area contributed by atoms with Crippen LogP contribution in [-0.2, 0) is 35.3 Å². The fourth-order valence-corrected chi connectivity index (χ4v) is 6.30. The fourth-order valence-electron chi connectivity index (χ4n) is 6.30. The lowest BCUT2D eigenvalue weighted by Crippen LogP contribution is -2.45. The predicted octanol–water partition coefficient (Wildman–Crippen LogP) is 4.28. The molecular weight excluding hydrogens is 668 g/mol. The molecule has 1 aromatic rings. The Morgan fingerprint density at radius 3 is 2.23 bits per heavy atom. The van der Waals surface area contributed by atoms with Crippen LogP contribution in [-0.4, -0.2) is 83.6 Å². The number of imide groups is 1. The predicted molar refractivity (Wildman–Crippen MR) is 195 cm³/mol. The van der Waals surface area contributed by atoms with Gasteiger partial charge in [-0.25, -0.2) is 9.59 Å². The first-order valence-electron chi connectivity index (χ1n) is 18.3. The zero-order valence-electron chi connectivity index (χ0n) is 31.2. The van der Waals surface area contributed by atoms with Crippen molar-refractivity contribution in [1.29, 1.82) is 0 Å². The number of nitrogens with two attached hydrogens (primary N) is 1. The molecule has 286 valence electrons. The number of likely N-dealkylation sites (tertiary alicyclic amines) is 1. The van der Waals surface area contributed by atoms with E-state index in [-0.39, 0.29) is 85.8 Å². The third-order valence-electron chi connectivity index (χ3n) is 9.62. The highest BCUT2D eigenvalue weighted by Crippen LogP contribution is 2.33. The first-order chi connectivity index (χ1) is 24.5. The standard InChI is InChI=1S/C38H56N6O8/c1-25(2)34(42-31(46)11-7-6-8-20-44-32(47)16-17-33(44)48)30(45)22-27(10-9-19-40-36(39)50)35(49)41-29-14-12-26(13-15-29)24-52-37(51)43-21-18-28(23-43)38(3,4)5/h12-17,25,27-28,34H,6-11,18-24H2,1-5H3,(H,41,49)(H,42,46)(H3,39,40,50)/t27-,28?,34+/m1/s1. The van der Waals surface area contributed by atoms with Crippen molar-refractivity contribution < 1.29 is 38.3 Å². The van der Waals surface area contributed by atoms with E-state index in [1.165, 1.54) is 12.2 Å². The molecule has 0 bridgehead atoms. The normalized spacial score (nSPS) is 16.9. The molecule has 1 unspecified atom stereocenters. The molecule has 14 heteroatoms. The molecule has 0 radical (unpaired) electrons. The first kappa shape index (κ1) is 41.7. The van der Waals surface area contributed by atoms with E-state index in [0.717, 1.165) is 16.9 Å². The third kappa shape index (κ3) is 13.4. The summed E-state index contributed by atoms with van der Waals surface area (Å²) in [5, 5.41) is 8.20. The maximum atomic E-state index is 13.5. The van der Waals surface area contributed by atoms with Crippen LogP contribution in [0.4, 0.5) is 15.3 Å². The van der Waals surface area contributed by atoms with Crippen LogP contribution in [0.1, 0.15) is 91.5 Å². The lowest BCUT2D eigenvalue weighted by Gasteiger charge is -2.26. The number of carbonyl (C=O) groups is 7. The van der Waals surface area contributed by atoms with E-state index in [1.807, 2.05) is 13.8 Å². The molecule has 3 rings (SSSR count). The maximum absolute atomic E-state index is 13.5. The summed E-state index contributed by atoms with van der Waals surface area (Å²) >= 11 is 0. The summed E-state index contributed by atoms with van der Waals surface area (Å²) < 4.78 is 5.54. The van der Waals surface area contributed by atoms with Crippen LogP contribution in [0.3, 0.4) is 0 Å². The molecule has 0 saturated carbocycles. The van der Waals surface area contributed by atoms with Gasteiger partial charge in [0.1, 0.15) is 6.61 Å². The number of primary amides is 1. The fraction of sp³-hybridized carbons (Fsp3) is 0.605. The maximum Gasteiger partial charge on any atom is 0.410 e. The second-order valence-electron chi connectivity index (χ2n) is 15.1. The monoisotopic (exact) mass is 724 g/mol. The van der Waals surface area contributed by atoms with Crippen molar-refractivity contribution in [1.82, 2.24) is 20.4 Å². The summed E-state index contributed by atoms with van der Waals surface area (Å²) in [4.78, 5) is 89.9. The van der Waals surface area contributed by atoms with Gasteiger partial charge in [0, 0.05) is 62.8 Å². The van der Waals surface area contributed by atoms with Gasteiger partial charge in [0.25, 0.3) is 11.8 Å². The number of hydrogen-bond acceptors (Lipinski definition) is 8. The zero-order chi connectivity index (χ0) is 38.4. The van der Waals surface area contributed by atoms with Gasteiger partial charge in [-0.15, -0.1) is 0 Å². The van der Waals surface area contributed by atoms with Crippen molar-refractivity contribution in [2.45, 2.75) is 98.6 Å². The molecule has 1 fully saturated rings. The minimum absolute atomic E-state index is 0.0916. The number of ketones is 1. The Hall–Kier alpha value is -4.75. The molecule has 3 atom stereocenters. The highest BCUT2D eigenvalue weighted by molar-refractivity contribution is 6.12. The molecule has 7 amide bonds. The summed E-state index contributed by atoms with van der Waals surface area (Å²) in [6.07, 6.45) is 5.51. The van der Waals surface area contributed by atoms with Crippen LogP contribution in [0.25, 0.3) is 0 Å². The van der Waals surface area contributed by atoms with Crippen LogP contribution >= 0.6 is 0 Å². The van der Waals surface area contributed by atoms with Crippen molar-refractivity contribution in [2.75, 3.05) is 31.5 Å². The molecule has 52 heavy (non-hydrogen) atoms. The van der Waals surface area contributed by atoms with Crippen molar-refractivity contribution in [2.24, 2.45) is 28.9 Å². The number of carbonyl (C=O) groups excluding carboxylic acids is 7. The summed E-state index contributed by atoms with van der Waals surface area (Å²) in [6, 6.07) is 5.43. The molecule has 14 nitrogen and oxygen atoms in total. The number of nitrogens with zero attached hydrogens (tertiary/aromatic N) is 2. The average molecular weight is 725 g/mol. The molecule has 0 spiro atoms. The molecule has 5 N–H and O–H groups in total. The van der Waals surface area contributed by atoms with Crippen molar-refractivity contribution in [3.63, 3.8) is 0 Å². The van der Waals surface area contributed by atoms with Gasteiger partial charge in [-0.3, -0.25) is 28.9 Å². The molecule has 0 aromatic heterocycles. The topological polar surface area (TPSA) is 197 Å². The summed E-state index contributed by atoms with van der Waals surface area (Å²) in [7, 11) is 0. The lowest BCUT2D eigenvalue weighted by molar-refractivity contribution is -0.137. The van der Waals surface area contributed by atoms with Crippen molar-refractivity contribution in [3.8, 4) is 0 Å². The largest absolute Gasteiger partial charge is 0.445 e. The van der Waals surface area contributed by atoms with E-state index in [0.29, 0.717) is 50.4 Å². The third-order valence-corrected chi connectivity index (χ3v) is 9.62. The highest BCUT2D eigenvalue weighted by Gasteiger charge is 2.34. The molecule has 2 aliphatic heterocycles. The summed E-state index contributed by atoms with van der Waals surface area (Å²) in [6.45, 7) is 12.1. The van der Waals surface area contributed by atoms with E-state index in [4.69, 9.17) is 10.5 Å². The van der Waals surface area contributed by atoms with Gasteiger partial charge in [-0.05, 0) is 67.1 Å². The number of urea groups is 1. The van der Waals surface area contributed by atoms with E-state index >= 15 is 0 Å². The van der Waals surface area contributed by atoms with Crippen LogP contribution in [0.2, 0.25) is 0 Å². The quantitative estimate of drug-likeness (QED) is 0.120. The Labute approximate surface area is 306 Å². The van der Waals surface area contributed by atoms with Crippen LogP contribution in [0.15, 0.2) is 36.4 Å². The molecule has 1 saturated heterocycles.